The van der Waals surface area contributed by atoms with Crippen LogP contribution in [0.4, 0.5) is 0 Å². The molecule has 0 aliphatic heterocycles. The molecular weight excluding hydrogens is 332 g/mol. The Bertz CT molecular complexity index is 840. The van der Waals surface area contributed by atoms with E-state index in [4.69, 9.17) is 11.6 Å². The number of carboxylic acid groups (broad SMARTS) is 1. The fourth-order valence-electron chi connectivity index (χ4n) is 2.62. The lowest BCUT2D eigenvalue weighted by molar-refractivity contribution is -0.140. The molecule has 2 fully saturated rings. The first-order chi connectivity index (χ1) is 11.5. The van der Waals surface area contributed by atoms with Crippen LogP contribution in [0.15, 0.2) is 24.3 Å². The molecule has 1 aromatic carbocycles. The van der Waals surface area contributed by atoms with Crippen LogP contribution < -0.4 is 5.32 Å². The summed E-state index contributed by atoms with van der Waals surface area (Å²) in [6.07, 6.45) is 2.83. The first-order valence-electron chi connectivity index (χ1n) is 7.78. The Morgan fingerprint density at radius 1 is 1.29 bits per heavy atom. The van der Waals surface area contributed by atoms with Gasteiger partial charge in [0.2, 0.25) is 5.82 Å². The fourth-order valence-corrected chi connectivity index (χ4v) is 2.83. The van der Waals surface area contributed by atoms with Crippen LogP contribution in [0.1, 0.15) is 48.0 Å². The van der Waals surface area contributed by atoms with E-state index in [0.29, 0.717) is 29.4 Å². The number of benzene rings is 1. The van der Waals surface area contributed by atoms with Gasteiger partial charge >= 0.3 is 5.97 Å². The second-order valence-corrected chi connectivity index (χ2v) is 6.68. The van der Waals surface area contributed by atoms with Crippen molar-refractivity contribution in [1.82, 2.24) is 20.1 Å². The molecule has 8 heteroatoms. The van der Waals surface area contributed by atoms with Crippen molar-refractivity contribution in [3.8, 4) is 5.69 Å². The number of nitrogens with zero attached hydrogens (tertiary/aromatic N) is 3. The van der Waals surface area contributed by atoms with Crippen molar-refractivity contribution in [1.29, 1.82) is 0 Å². The quantitative estimate of drug-likeness (QED) is 0.864. The summed E-state index contributed by atoms with van der Waals surface area (Å²) in [7, 11) is 0. The van der Waals surface area contributed by atoms with E-state index in [9.17, 15) is 14.7 Å². The number of rotatable bonds is 5. The summed E-state index contributed by atoms with van der Waals surface area (Å²) < 4.78 is 1.59. The monoisotopic (exact) mass is 346 g/mol. The number of carbonyl (C=O) groups excluding carboxylic acids is 1. The summed E-state index contributed by atoms with van der Waals surface area (Å²) in [6.45, 7) is 0. The summed E-state index contributed by atoms with van der Waals surface area (Å²) in [4.78, 5) is 28.0. The third kappa shape index (κ3) is 2.54. The molecule has 0 spiro atoms. The van der Waals surface area contributed by atoms with E-state index in [1.807, 2.05) is 18.2 Å². The summed E-state index contributed by atoms with van der Waals surface area (Å²) >= 11 is 6.24. The molecule has 2 saturated carbocycles. The molecular formula is C16H15ClN4O3. The highest BCUT2D eigenvalue weighted by Crippen LogP contribution is 2.40. The number of carboxylic acids is 1. The van der Waals surface area contributed by atoms with E-state index in [2.05, 4.69) is 15.4 Å². The second-order valence-electron chi connectivity index (χ2n) is 6.27. The Morgan fingerprint density at radius 3 is 2.58 bits per heavy atom. The molecule has 1 aromatic heterocycles. The number of carbonyl (C=O) groups is 2. The predicted octanol–water partition coefficient (Wildman–Crippen LogP) is 2.15. The number of halogens is 1. The molecule has 2 N–H and O–H groups in total. The molecule has 24 heavy (non-hydrogen) atoms. The molecule has 0 saturated heterocycles. The summed E-state index contributed by atoms with van der Waals surface area (Å²) in [5.41, 5.74) is -0.501. The highest BCUT2D eigenvalue weighted by molar-refractivity contribution is 6.32. The Hall–Kier alpha value is -2.41. The van der Waals surface area contributed by atoms with Crippen LogP contribution in [0.5, 0.6) is 0 Å². The smallest absolute Gasteiger partial charge is 0.329 e. The van der Waals surface area contributed by atoms with Crippen LogP contribution in [0.3, 0.4) is 0 Å². The van der Waals surface area contributed by atoms with Gasteiger partial charge in [-0.15, -0.1) is 5.10 Å². The highest BCUT2D eigenvalue weighted by atomic mass is 35.5. The molecule has 0 unspecified atom stereocenters. The van der Waals surface area contributed by atoms with Crippen molar-refractivity contribution < 1.29 is 14.7 Å². The van der Waals surface area contributed by atoms with Gasteiger partial charge < -0.3 is 10.4 Å². The van der Waals surface area contributed by atoms with Crippen molar-refractivity contribution in [2.45, 2.75) is 37.1 Å². The van der Waals surface area contributed by atoms with Gasteiger partial charge in [-0.2, -0.15) is 0 Å². The minimum Gasteiger partial charge on any atom is -0.480 e. The molecule has 4 rings (SSSR count). The van der Waals surface area contributed by atoms with E-state index in [-0.39, 0.29) is 11.7 Å². The maximum absolute atomic E-state index is 12.4. The van der Waals surface area contributed by atoms with Gasteiger partial charge in [-0.05, 0) is 37.8 Å². The number of hydrogen-bond acceptors (Lipinski definition) is 4. The Kier molecular flexibility index (Phi) is 3.35. The second kappa shape index (κ2) is 5.31. The molecule has 7 nitrogen and oxygen atoms in total. The minimum absolute atomic E-state index is 0.0238. The fraction of sp³-hybridized carbons (Fsp3) is 0.375. The molecule has 1 amide bonds. The number of amides is 1. The molecule has 1 heterocycles. The van der Waals surface area contributed by atoms with E-state index in [1.54, 1.807) is 10.7 Å². The van der Waals surface area contributed by atoms with Gasteiger partial charge in [0.05, 0.1) is 10.7 Å². The lowest BCUT2D eigenvalue weighted by Crippen LogP contribution is -2.43. The van der Waals surface area contributed by atoms with E-state index < -0.39 is 17.4 Å². The van der Waals surface area contributed by atoms with Crippen LogP contribution in [0, 0.1) is 0 Å². The van der Waals surface area contributed by atoms with Gasteiger partial charge in [0.1, 0.15) is 11.4 Å². The third-order valence-electron chi connectivity index (χ3n) is 4.37. The molecule has 2 aromatic rings. The maximum Gasteiger partial charge on any atom is 0.329 e. The van der Waals surface area contributed by atoms with Gasteiger partial charge in [0.15, 0.2) is 0 Å². The van der Waals surface area contributed by atoms with Crippen molar-refractivity contribution in [2.75, 3.05) is 0 Å². The average molecular weight is 347 g/mol. The maximum atomic E-state index is 12.4. The van der Waals surface area contributed by atoms with Gasteiger partial charge in [-0.25, -0.2) is 14.5 Å². The van der Waals surface area contributed by atoms with Crippen LogP contribution in [-0.2, 0) is 4.79 Å². The number of para-hydroxylation sites is 1. The molecule has 0 bridgehead atoms. The van der Waals surface area contributed by atoms with Gasteiger partial charge in [0, 0.05) is 5.92 Å². The molecule has 0 atom stereocenters. The topological polar surface area (TPSA) is 97.1 Å². The SMILES string of the molecule is O=C(NC1(C(=O)O)CC1)c1nc(C2CC2)n(-c2ccccc2Cl)n1. The average Bonchev–Trinajstić information content (AvgIpc) is 3.47. The zero-order valence-corrected chi connectivity index (χ0v) is 13.5. The largest absolute Gasteiger partial charge is 0.480 e. The van der Waals surface area contributed by atoms with E-state index in [0.717, 1.165) is 12.8 Å². The van der Waals surface area contributed by atoms with Gasteiger partial charge in [-0.1, -0.05) is 23.7 Å². The Balaban J connectivity index is 1.68. The van der Waals surface area contributed by atoms with Crippen molar-refractivity contribution >= 4 is 23.5 Å². The normalized spacial score (nSPS) is 18.2. The van der Waals surface area contributed by atoms with Crippen LogP contribution in [0.2, 0.25) is 5.02 Å². The van der Waals surface area contributed by atoms with Crippen molar-refractivity contribution in [2.24, 2.45) is 0 Å². The summed E-state index contributed by atoms with van der Waals surface area (Å²) in [5.74, 6) is -0.672. The first-order valence-corrected chi connectivity index (χ1v) is 8.16. The van der Waals surface area contributed by atoms with Crippen LogP contribution >= 0.6 is 11.6 Å². The lowest BCUT2D eigenvalue weighted by atomic mass is 10.2. The molecule has 2 aliphatic rings. The standard InChI is InChI=1S/C16H15ClN4O3/c17-10-3-1-2-4-11(10)21-13(9-5-6-9)18-12(20-21)14(22)19-16(7-8-16)15(23)24/h1-4,9H,5-8H2,(H,19,22)(H,23,24). The summed E-state index contributed by atoms with van der Waals surface area (Å²) in [5, 5.41) is 16.5. The van der Waals surface area contributed by atoms with Crippen molar-refractivity contribution in [3.63, 3.8) is 0 Å². The molecule has 124 valence electrons. The zero-order valence-electron chi connectivity index (χ0n) is 12.7. The minimum atomic E-state index is -1.16. The number of hydrogen-bond donors (Lipinski definition) is 2. The first kappa shape index (κ1) is 15.1. The number of aliphatic carboxylic acids is 1. The Labute approximate surface area is 142 Å². The highest BCUT2D eigenvalue weighted by Gasteiger charge is 2.52. The van der Waals surface area contributed by atoms with Crippen molar-refractivity contribution in [3.05, 3.63) is 40.9 Å². The molecule has 0 radical (unpaired) electrons. The third-order valence-corrected chi connectivity index (χ3v) is 4.69. The lowest BCUT2D eigenvalue weighted by Gasteiger charge is -2.10. The van der Waals surface area contributed by atoms with Crippen LogP contribution in [-0.4, -0.2) is 37.3 Å². The zero-order chi connectivity index (χ0) is 16.9. The van der Waals surface area contributed by atoms with E-state index >= 15 is 0 Å². The van der Waals surface area contributed by atoms with E-state index in [1.165, 1.54) is 0 Å². The Morgan fingerprint density at radius 2 is 2.00 bits per heavy atom. The summed E-state index contributed by atoms with van der Waals surface area (Å²) in [6, 6.07) is 7.21. The number of aromatic nitrogens is 3. The van der Waals surface area contributed by atoms with Gasteiger partial charge in [0.25, 0.3) is 5.91 Å². The van der Waals surface area contributed by atoms with Gasteiger partial charge in [-0.3, -0.25) is 4.79 Å². The van der Waals surface area contributed by atoms with Crippen LogP contribution in [0.25, 0.3) is 5.69 Å². The molecule has 2 aliphatic carbocycles. The number of nitrogens with one attached hydrogen (secondary N) is 1. The predicted molar refractivity (Wildman–Crippen MR) is 85.4 cm³/mol.